The zero-order valence-corrected chi connectivity index (χ0v) is 12.9. The number of piperazine rings is 1. The number of hydrogen-bond donors (Lipinski definition) is 1. The van der Waals surface area contributed by atoms with Crippen LogP contribution in [0.5, 0.6) is 0 Å². The molecule has 0 unspecified atom stereocenters. The van der Waals surface area contributed by atoms with E-state index in [0.717, 1.165) is 19.6 Å². The van der Waals surface area contributed by atoms with Gasteiger partial charge in [0.2, 0.25) is 10.0 Å². The minimum absolute atomic E-state index is 0.191. The summed E-state index contributed by atoms with van der Waals surface area (Å²) < 4.78 is 26.7. The van der Waals surface area contributed by atoms with Crippen LogP contribution in [0.3, 0.4) is 0 Å². The number of pyridine rings is 1. The molecule has 0 saturated carbocycles. The van der Waals surface area contributed by atoms with E-state index >= 15 is 0 Å². The van der Waals surface area contributed by atoms with Crippen molar-refractivity contribution < 1.29 is 8.42 Å². The van der Waals surface area contributed by atoms with Gasteiger partial charge in [-0.2, -0.15) is 4.31 Å². The number of sulfonamides is 1. The van der Waals surface area contributed by atoms with E-state index in [0.29, 0.717) is 18.7 Å². The van der Waals surface area contributed by atoms with E-state index in [1.54, 1.807) is 6.07 Å². The first-order chi connectivity index (χ1) is 10.1. The third-order valence-corrected chi connectivity index (χ3v) is 5.33. The summed E-state index contributed by atoms with van der Waals surface area (Å²) in [5.41, 5.74) is 5.88. The maximum Gasteiger partial charge on any atom is 0.244 e. The Morgan fingerprint density at radius 3 is 2.62 bits per heavy atom. The topological polar surface area (TPSA) is 79.5 Å². The van der Waals surface area contributed by atoms with Gasteiger partial charge in [-0.15, -0.1) is 0 Å². The predicted octanol–water partition coefficient (Wildman–Crippen LogP) is -0.282. The summed E-state index contributed by atoms with van der Waals surface area (Å²) in [4.78, 5) is 6.39. The van der Waals surface area contributed by atoms with Crippen molar-refractivity contribution in [1.29, 1.82) is 0 Å². The van der Waals surface area contributed by atoms with Gasteiger partial charge in [0.15, 0.2) is 0 Å². The van der Waals surface area contributed by atoms with Gasteiger partial charge in [-0.3, -0.25) is 4.98 Å². The fourth-order valence-corrected chi connectivity index (χ4v) is 3.63. The fraction of sp³-hybridized carbons (Fsp3) is 0.500. The summed E-state index contributed by atoms with van der Waals surface area (Å²) in [7, 11) is -3.50. The van der Waals surface area contributed by atoms with E-state index in [9.17, 15) is 8.42 Å². The molecule has 2 rings (SSSR count). The molecular formula is C14H20N4O2S. The molecule has 1 aliphatic heterocycles. The Morgan fingerprint density at radius 2 is 2.00 bits per heavy atom. The quantitative estimate of drug-likeness (QED) is 0.777. The zero-order valence-electron chi connectivity index (χ0n) is 12.1. The summed E-state index contributed by atoms with van der Waals surface area (Å²) in [6, 6.07) is 1.55. The summed E-state index contributed by atoms with van der Waals surface area (Å²) in [5, 5.41) is 0. The summed E-state index contributed by atoms with van der Waals surface area (Å²) >= 11 is 0. The van der Waals surface area contributed by atoms with E-state index in [2.05, 4.69) is 28.6 Å². The van der Waals surface area contributed by atoms with Gasteiger partial charge in [0, 0.05) is 44.1 Å². The van der Waals surface area contributed by atoms with Crippen molar-refractivity contribution in [3.05, 3.63) is 24.0 Å². The predicted molar refractivity (Wildman–Crippen MR) is 81.0 cm³/mol. The van der Waals surface area contributed by atoms with Crippen molar-refractivity contribution in [2.24, 2.45) is 5.73 Å². The van der Waals surface area contributed by atoms with Crippen LogP contribution in [0.15, 0.2) is 23.4 Å². The van der Waals surface area contributed by atoms with Crippen molar-refractivity contribution in [3.8, 4) is 11.8 Å². The van der Waals surface area contributed by atoms with Crippen molar-refractivity contribution in [2.45, 2.75) is 11.8 Å². The molecule has 1 aromatic rings. The van der Waals surface area contributed by atoms with Crippen LogP contribution in [0.1, 0.15) is 12.5 Å². The van der Waals surface area contributed by atoms with Gasteiger partial charge in [0.25, 0.3) is 0 Å². The molecule has 1 fully saturated rings. The van der Waals surface area contributed by atoms with Crippen LogP contribution >= 0.6 is 0 Å². The van der Waals surface area contributed by atoms with Gasteiger partial charge in [0.05, 0.1) is 6.54 Å². The van der Waals surface area contributed by atoms with Gasteiger partial charge in [-0.1, -0.05) is 18.8 Å². The molecule has 0 atom stereocenters. The number of likely N-dealkylation sites (N-methyl/N-ethyl adjacent to an activating group) is 1. The second kappa shape index (κ2) is 7.00. The molecule has 0 amide bonds. The molecule has 1 aliphatic rings. The normalized spacial score (nSPS) is 17.2. The Balaban J connectivity index is 2.20. The molecule has 7 heteroatoms. The molecule has 6 nitrogen and oxygen atoms in total. The Labute approximate surface area is 126 Å². The van der Waals surface area contributed by atoms with Crippen LogP contribution in [-0.4, -0.2) is 61.9 Å². The Morgan fingerprint density at radius 1 is 1.29 bits per heavy atom. The highest BCUT2D eigenvalue weighted by atomic mass is 32.2. The van der Waals surface area contributed by atoms with Crippen molar-refractivity contribution in [1.82, 2.24) is 14.2 Å². The van der Waals surface area contributed by atoms with Crippen LogP contribution in [0.4, 0.5) is 0 Å². The molecule has 2 heterocycles. The molecule has 1 saturated heterocycles. The molecule has 114 valence electrons. The highest BCUT2D eigenvalue weighted by Crippen LogP contribution is 2.17. The average Bonchev–Trinajstić information content (AvgIpc) is 2.53. The first-order valence-corrected chi connectivity index (χ1v) is 8.38. The molecule has 2 N–H and O–H groups in total. The smallest absolute Gasteiger partial charge is 0.244 e. The molecule has 1 aromatic heterocycles. The summed E-state index contributed by atoms with van der Waals surface area (Å²) in [6.07, 6.45) is 2.91. The van der Waals surface area contributed by atoms with E-state index in [-0.39, 0.29) is 11.4 Å². The lowest BCUT2D eigenvalue weighted by molar-refractivity contribution is 0.196. The van der Waals surface area contributed by atoms with E-state index in [1.807, 2.05) is 0 Å². The highest BCUT2D eigenvalue weighted by Gasteiger charge is 2.28. The molecular weight excluding hydrogens is 288 g/mol. The number of nitrogens with zero attached hydrogens (tertiary/aromatic N) is 3. The standard InChI is InChI=1S/C14H20N4O2S/c1-2-17-6-8-18(9-7-17)21(19,20)14-10-13(4-3-5-15)11-16-12-14/h10-12H,2,5-9,15H2,1H3. The van der Waals surface area contributed by atoms with Crippen LogP contribution in [0.2, 0.25) is 0 Å². The third-order valence-electron chi connectivity index (χ3n) is 3.46. The lowest BCUT2D eigenvalue weighted by atomic mass is 10.3. The first kappa shape index (κ1) is 15.9. The number of rotatable bonds is 3. The Bertz CT molecular complexity index is 640. The molecule has 0 spiro atoms. The van der Waals surface area contributed by atoms with Crippen LogP contribution in [0.25, 0.3) is 0 Å². The third kappa shape index (κ3) is 3.80. The van der Waals surface area contributed by atoms with Gasteiger partial charge in [0.1, 0.15) is 4.90 Å². The van der Waals surface area contributed by atoms with Crippen molar-refractivity contribution in [2.75, 3.05) is 39.3 Å². The van der Waals surface area contributed by atoms with Crippen LogP contribution < -0.4 is 5.73 Å². The summed E-state index contributed by atoms with van der Waals surface area (Å²) in [6.45, 7) is 5.79. The van der Waals surface area contributed by atoms with Crippen LogP contribution in [0, 0.1) is 11.8 Å². The number of aromatic nitrogens is 1. The van der Waals surface area contributed by atoms with Crippen LogP contribution in [-0.2, 0) is 10.0 Å². The molecule has 21 heavy (non-hydrogen) atoms. The Kier molecular flexibility index (Phi) is 5.31. The van der Waals surface area contributed by atoms with Gasteiger partial charge < -0.3 is 10.6 Å². The second-order valence-corrected chi connectivity index (χ2v) is 6.69. The lowest BCUT2D eigenvalue weighted by Crippen LogP contribution is -2.48. The molecule has 0 aliphatic carbocycles. The zero-order chi connectivity index (χ0) is 15.3. The van der Waals surface area contributed by atoms with E-state index < -0.39 is 10.0 Å². The fourth-order valence-electron chi connectivity index (χ4n) is 2.22. The number of hydrogen-bond acceptors (Lipinski definition) is 5. The second-order valence-electron chi connectivity index (χ2n) is 4.75. The maximum atomic E-state index is 12.6. The summed E-state index contributed by atoms with van der Waals surface area (Å²) in [5.74, 6) is 5.51. The van der Waals surface area contributed by atoms with Crippen molar-refractivity contribution in [3.63, 3.8) is 0 Å². The average molecular weight is 308 g/mol. The Hall–Kier alpha value is -1.46. The largest absolute Gasteiger partial charge is 0.320 e. The lowest BCUT2D eigenvalue weighted by Gasteiger charge is -2.33. The minimum Gasteiger partial charge on any atom is -0.320 e. The van der Waals surface area contributed by atoms with E-state index in [4.69, 9.17) is 5.73 Å². The SMILES string of the molecule is CCN1CCN(S(=O)(=O)c2cncc(C#CCN)c2)CC1. The first-order valence-electron chi connectivity index (χ1n) is 6.94. The monoisotopic (exact) mass is 308 g/mol. The minimum atomic E-state index is -3.50. The van der Waals surface area contributed by atoms with Gasteiger partial charge in [-0.25, -0.2) is 8.42 Å². The highest BCUT2D eigenvalue weighted by molar-refractivity contribution is 7.89. The van der Waals surface area contributed by atoms with Gasteiger partial charge in [-0.05, 0) is 12.6 Å². The molecule has 0 bridgehead atoms. The molecule has 0 radical (unpaired) electrons. The van der Waals surface area contributed by atoms with Crippen molar-refractivity contribution >= 4 is 10.0 Å². The van der Waals surface area contributed by atoms with E-state index in [1.165, 1.54) is 16.7 Å². The maximum absolute atomic E-state index is 12.6. The number of nitrogens with two attached hydrogens (primary N) is 1. The molecule has 0 aromatic carbocycles. The van der Waals surface area contributed by atoms with Gasteiger partial charge >= 0.3 is 0 Å².